The van der Waals surface area contributed by atoms with Gasteiger partial charge in [-0.3, -0.25) is 0 Å². The number of hydrogen-bond donors (Lipinski definition) is 0. The van der Waals surface area contributed by atoms with Crippen LogP contribution in [0.15, 0.2) is 29.2 Å². The fourth-order valence-electron chi connectivity index (χ4n) is 1.94. The number of benzene rings is 1. The molecular weight excluding hydrogens is 224 g/mol. The van der Waals surface area contributed by atoms with Gasteiger partial charge < -0.3 is 4.74 Å². The molecule has 1 fully saturated rings. The van der Waals surface area contributed by atoms with E-state index < -0.39 is 15.1 Å². The molecule has 88 valence electrons. The molecule has 1 heterocycles. The molecule has 4 heteroatoms. The predicted octanol–water partition coefficient (Wildman–Crippen LogP) is 1.80. The fourth-order valence-corrected chi connectivity index (χ4v) is 3.77. The maximum absolute atomic E-state index is 12.3. The molecule has 1 saturated heterocycles. The molecule has 1 aromatic rings. The summed E-state index contributed by atoms with van der Waals surface area (Å²) in [6.07, 6.45) is 0. The monoisotopic (exact) mass is 240 g/mol. The summed E-state index contributed by atoms with van der Waals surface area (Å²) >= 11 is 0. The Kier molecular flexibility index (Phi) is 3.04. The maximum atomic E-state index is 12.3. The van der Waals surface area contributed by atoms with Gasteiger partial charge in [0, 0.05) is 0 Å². The van der Waals surface area contributed by atoms with Crippen molar-refractivity contribution in [1.29, 1.82) is 0 Å². The van der Waals surface area contributed by atoms with Crippen molar-refractivity contribution < 1.29 is 13.2 Å². The van der Waals surface area contributed by atoms with E-state index in [-0.39, 0.29) is 5.92 Å². The number of rotatable bonds is 2. The van der Waals surface area contributed by atoms with Crippen LogP contribution in [0.4, 0.5) is 0 Å². The van der Waals surface area contributed by atoms with Crippen molar-refractivity contribution in [3.63, 3.8) is 0 Å². The minimum atomic E-state index is -3.23. The molecule has 0 spiro atoms. The first-order chi connectivity index (χ1) is 7.51. The van der Waals surface area contributed by atoms with E-state index >= 15 is 0 Å². The first-order valence-electron chi connectivity index (χ1n) is 5.40. The molecule has 0 N–H and O–H groups in total. The standard InChI is InChI=1S/C12H16O3S/c1-9-3-5-11(6-4-9)16(13,14)12-8-15-7-10(12)2/h3-6,10,12H,7-8H2,1-2H3/t10-,12-/m1/s1. The molecule has 16 heavy (non-hydrogen) atoms. The lowest BCUT2D eigenvalue weighted by molar-refractivity contribution is 0.188. The van der Waals surface area contributed by atoms with Crippen molar-refractivity contribution in [3.05, 3.63) is 29.8 Å². The highest BCUT2D eigenvalue weighted by Gasteiger charge is 2.36. The van der Waals surface area contributed by atoms with Crippen molar-refractivity contribution in [1.82, 2.24) is 0 Å². The van der Waals surface area contributed by atoms with Crippen LogP contribution in [0.25, 0.3) is 0 Å². The van der Waals surface area contributed by atoms with Crippen LogP contribution < -0.4 is 0 Å². The minimum Gasteiger partial charge on any atom is -0.380 e. The molecule has 1 aromatic carbocycles. The molecule has 0 aliphatic carbocycles. The lowest BCUT2D eigenvalue weighted by atomic mass is 10.2. The van der Waals surface area contributed by atoms with Crippen LogP contribution in [0, 0.1) is 12.8 Å². The third-order valence-corrected chi connectivity index (χ3v) is 5.37. The van der Waals surface area contributed by atoms with Gasteiger partial charge in [0.25, 0.3) is 0 Å². The molecular formula is C12H16O3S. The minimum absolute atomic E-state index is 0.0753. The van der Waals surface area contributed by atoms with Crippen LogP contribution in [0.1, 0.15) is 12.5 Å². The number of sulfone groups is 1. The third-order valence-electron chi connectivity index (χ3n) is 3.05. The first-order valence-corrected chi connectivity index (χ1v) is 6.95. The van der Waals surface area contributed by atoms with Crippen molar-refractivity contribution in [2.24, 2.45) is 5.92 Å². The van der Waals surface area contributed by atoms with Crippen molar-refractivity contribution in [3.8, 4) is 0 Å². The van der Waals surface area contributed by atoms with Gasteiger partial charge in [-0.25, -0.2) is 8.42 Å². The first kappa shape index (κ1) is 11.6. The lowest BCUT2D eigenvalue weighted by Gasteiger charge is -2.14. The Labute approximate surface area is 96.4 Å². The Hall–Kier alpha value is -0.870. The van der Waals surface area contributed by atoms with E-state index in [2.05, 4.69) is 0 Å². The average Bonchev–Trinajstić information content (AvgIpc) is 2.66. The summed E-state index contributed by atoms with van der Waals surface area (Å²) in [4.78, 5) is 0.403. The van der Waals surface area contributed by atoms with Gasteiger partial charge in [0.05, 0.1) is 23.4 Å². The van der Waals surface area contributed by atoms with Crippen LogP contribution in [-0.2, 0) is 14.6 Å². The van der Waals surface area contributed by atoms with Gasteiger partial charge in [-0.2, -0.15) is 0 Å². The fraction of sp³-hybridized carbons (Fsp3) is 0.500. The highest BCUT2D eigenvalue weighted by Crippen LogP contribution is 2.26. The van der Waals surface area contributed by atoms with E-state index in [0.717, 1.165) is 5.56 Å². The van der Waals surface area contributed by atoms with Crippen LogP contribution in [0.5, 0.6) is 0 Å². The molecule has 1 aliphatic heterocycles. The smallest absolute Gasteiger partial charge is 0.183 e. The molecule has 0 unspecified atom stereocenters. The Morgan fingerprint density at radius 1 is 1.19 bits per heavy atom. The molecule has 0 radical (unpaired) electrons. The van der Waals surface area contributed by atoms with E-state index in [1.165, 1.54) is 0 Å². The molecule has 2 atom stereocenters. The zero-order valence-corrected chi connectivity index (χ0v) is 10.3. The summed E-state index contributed by atoms with van der Waals surface area (Å²) in [6.45, 7) is 4.72. The lowest BCUT2D eigenvalue weighted by Crippen LogP contribution is -2.27. The molecule has 0 bridgehead atoms. The van der Waals surface area contributed by atoms with Gasteiger partial charge >= 0.3 is 0 Å². The van der Waals surface area contributed by atoms with Crippen LogP contribution >= 0.6 is 0 Å². The maximum Gasteiger partial charge on any atom is 0.183 e. The van der Waals surface area contributed by atoms with Gasteiger partial charge in [0.1, 0.15) is 0 Å². The third kappa shape index (κ3) is 1.99. The summed E-state index contributed by atoms with van der Waals surface area (Å²) in [7, 11) is -3.23. The van der Waals surface area contributed by atoms with Crippen molar-refractivity contribution in [2.75, 3.05) is 13.2 Å². The normalized spacial score (nSPS) is 25.9. The number of hydrogen-bond acceptors (Lipinski definition) is 3. The second-order valence-corrected chi connectivity index (χ2v) is 6.58. The molecule has 1 aliphatic rings. The van der Waals surface area contributed by atoms with Gasteiger partial charge in [0.2, 0.25) is 0 Å². The summed E-state index contributed by atoms with van der Waals surface area (Å²) in [5.74, 6) is 0.0753. The van der Waals surface area contributed by atoms with E-state index in [9.17, 15) is 8.42 Å². The highest BCUT2D eigenvalue weighted by molar-refractivity contribution is 7.92. The Morgan fingerprint density at radius 3 is 2.31 bits per heavy atom. The van der Waals surface area contributed by atoms with Crippen LogP contribution in [-0.4, -0.2) is 26.9 Å². The van der Waals surface area contributed by atoms with Gasteiger partial charge in [-0.1, -0.05) is 24.6 Å². The molecule has 2 rings (SSSR count). The van der Waals surface area contributed by atoms with Crippen molar-refractivity contribution >= 4 is 9.84 Å². The number of aryl methyl sites for hydroxylation is 1. The van der Waals surface area contributed by atoms with Gasteiger partial charge in [0.15, 0.2) is 9.84 Å². The zero-order valence-electron chi connectivity index (χ0n) is 9.51. The summed E-state index contributed by atoms with van der Waals surface area (Å²) < 4.78 is 29.8. The second kappa shape index (κ2) is 4.18. The predicted molar refractivity (Wildman–Crippen MR) is 62.1 cm³/mol. The topological polar surface area (TPSA) is 43.4 Å². The summed E-state index contributed by atoms with van der Waals surface area (Å²) in [5.41, 5.74) is 1.06. The largest absolute Gasteiger partial charge is 0.380 e. The van der Waals surface area contributed by atoms with Gasteiger partial charge in [-0.15, -0.1) is 0 Å². The Balaban J connectivity index is 2.35. The SMILES string of the molecule is Cc1ccc(S(=O)(=O)[C@@H]2COC[C@H]2C)cc1. The second-order valence-electron chi connectivity index (χ2n) is 4.41. The van der Waals surface area contributed by atoms with E-state index in [0.29, 0.717) is 18.1 Å². The van der Waals surface area contributed by atoms with Gasteiger partial charge in [-0.05, 0) is 25.0 Å². The summed E-state index contributed by atoms with van der Waals surface area (Å²) in [6, 6.07) is 7.01. The van der Waals surface area contributed by atoms with Crippen LogP contribution in [0.3, 0.4) is 0 Å². The van der Waals surface area contributed by atoms with Crippen LogP contribution in [0.2, 0.25) is 0 Å². The van der Waals surface area contributed by atoms with E-state index in [1.54, 1.807) is 12.1 Å². The quantitative estimate of drug-likeness (QED) is 0.791. The average molecular weight is 240 g/mol. The summed E-state index contributed by atoms with van der Waals surface area (Å²) in [5, 5.41) is -0.393. The Morgan fingerprint density at radius 2 is 1.81 bits per heavy atom. The number of ether oxygens (including phenoxy) is 1. The van der Waals surface area contributed by atoms with E-state index in [4.69, 9.17) is 4.74 Å². The molecule has 3 nitrogen and oxygen atoms in total. The van der Waals surface area contributed by atoms with E-state index in [1.807, 2.05) is 26.0 Å². The highest BCUT2D eigenvalue weighted by atomic mass is 32.2. The molecule has 0 aromatic heterocycles. The molecule has 0 amide bonds. The Bertz CT molecular complexity index is 462. The van der Waals surface area contributed by atoms with Crippen molar-refractivity contribution in [2.45, 2.75) is 24.0 Å². The zero-order chi connectivity index (χ0) is 11.8. The molecule has 0 saturated carbocycles.